The van der Waals surface area contributed by atoms with Crippen molar-refractivity contribution in [1.29, 1.82) is 0 Å². The molecule has 0 bridgehead atoms. The number of anilines is 1. The van der Waals surface area contributed by atoms with Crippen LogP contribution in [0.5, 0.6) is 11.6 Å². The van der Waals surface area contributed by atoms with Crippen LogP contribution in [-0.2, 0) is 0 Å². The number of ether oxygens (including phenoxy) is 2. The Bertz CT molecular complexity index is 963. The molecule has 0 atom stereocenters. The first-order valence-corrected chi connectivity index (χ1v) is 8.97. The van der Waals surface area contributed by atoms with Crippen LogP contribution >= 0.6 is 0 Å². The molecular formula is C21H21FN4O3. The van der Waals surface area contributed by atoms with Crippen molar-refractivity contribution >= 4 is 11.7 Å². The van der Waals surface area contributed by atoms with Crippen LogP contribution in [0.1, 0.15) is 5.56 Å². The maximum absolute atomic E-state index is 13.5. The van der Waals surface area contributed by atoms with Gasteiger partial charge < -0.3 is 20.1 Å². The first kappa shape index (κ1) is 20.1. The Balaban J connectivity index is 1.43. The summed E-state index contributed by atoms with van der Waals surface area (Å²) in [5.74, 6) is 0.749. The minimum atomic E-state index is -0.446. The third-order valence-corrected chi connectivity index (χ3v) is 4.09. The maximum Gasteiger partial charge on any atom is 0.319 e. The lowest BCUT2D eigenvalue weighted by Crippen LogP contribution is -2.32. The number of hydrogen-bond acceptors (Lipinski definition) is 5. The van der Waals surface area contributed by atoms with E-state index in [1.54, 1.807) is 38.3 Å². The molecule has 0 unspecified atom stereocenters. The van der Waals surface area contributed by atoms with Gasteiger partial charge in [-0.05, 0) is 55.0 Å². The third-order valence-electron chi connectivity index (χ3n) is 4.09. The van der Waals surface area contributed by atoms with Gasteiger partial charge in [0.05, 0.1) is 19.3 Å². The molecule has 0 aliphatic rings. The fraction of sp³-hybridized carbons (Fsp3) is 0.190. The number of carbonyl (C=O) groups excluding carboxylic acids is 1. The van der Waals surface area contributed by atoms with E-state index in [0.29, 0.717) is 22.8 Å². The monoisotopic (exact) mass is 396 g/mol. The molecule has 0 fully saturated rings. The van der Waals surface area contributed by atoms with Crippen molar-refractivity contribution in [2.45, 2.75) is 6.92 Å². The van der Waals surface area contributed by atoms with Crippen LogP contribution in [0, 0.1) is 12.7 Å². The molecule has 0 aliphatic carbocycles. The van der Waals surface area contributed by atoms with Crippen LogP contribution in [-0.4, -0.2) is 36.5 Å². The average Bonchev–Trinajstić information content (AvgIpc) is 2.74. The zero-order valence-corrected chi connectivity index (χ0v) is 16.1. The molecule has 150 valence electrons. The second-order valence-electron chi connectivity index (χ2n) is 6.18. The first-order chi connectivity index (χ1) is 14.0. The molecule has 1 heterocycles. The average molecular weight is 396 g/mol. The molecule has 3 aromatic rings. The van der Waals surface area contributed by atoms with Crippen LogP contribution in [0.3, 0.4) is 0 Å². The molecule has 3 rings (SSSR count). The van der Waals surface area contributed by atoms with Crippen molar-refractivity contribution in [2.24, 2.45) is 0 Å². The van der Waals surface area contributed by atoms with Crippen LogP contribution in [0.25, 0.3) is 11.3 Å². The number of carbonyl (C=O) groups is 1. The Hall–Kier alpha value is -3.68. The summed E-state index contributed by atoms with van der Waals surface area (Å²) in [5.41, 5.74) is 2.52. The molecule has 0 radical (unpaired) electrons. The highest BCUT2D eigenvalue weighted by Crippen LogP contribution is 2.21. The largest absolute Gasteiger partial charge is 0.497 e. The maximum atomic E-state index is 13.5. The van der Waals surface area contributed by atoms with Gasteiger partial charge in [0.1, 0.15) is 18.2 Å². The van der Waals surface area contributed by atoms with Gasteiger partial charge in [-0.15, -0.1) is 10.2 Å². The summed E-state index contributed by atoms with van der Waals surface area (Å²) in [7, 11) is 1.61. The van der Waals surface area contributed by atoms with Crippen molar-refractivity contribution < 1.29 is 18.7 Å². The number of rotatable bonds is 7. The zero-order valence-electron chi connectivity index (χ0n) is 16.1. The van der Waals surface area contributed by atoms with E-state index in [-0.39, 0.29) is 19.0 Å². The van der Waals surface area contributed by atoms with Gasteiger partial charge in [-0.1, -0.05) is 6.07 Å². The highest BCUT2D eigenvalue weighted by molar-refractivity contribution is 5.89. The number of nitrogens with zero attached hydrogens (tertiary/aromatic N) is 2. The van der Waals surface area contributed by atoms with E-state index in [1.807, 2.05) is 24.3 Å². The highest BCUT2D eigenvalue weighted by Gasteiger charge is 2.05. The van der Waals surface area contributed by atoms with Crippen LogP contribution in [0.15, 0.2) is 54.6 Å². The normalized spacial score (nSPS) is 10.3. The van der Waals surface area contributed by atoms with Gasteiger partial charge >= 0.3 is 6.03 Å². The summed E-state index contributed by atoms with van der Waals surface area (Å²) >= 11 is 0. The predicted octanol–water partition coefficient (Wildman–Crippen LogP) is 3.80. The van der Waals surface area contributed by atoms with Crippen molar-refractivity contribution in [1.82, 2.24) is 15.5 Å². The molecular weight excluding hydrogens is 375 g/mol. The van der Waals surface area contributed by atoms with Crippen molar-refractivity contribution in [3.05, 3.63) is 66.0 Å². The standard InChI is InChI=1S/C21H21FN4O3/c1-14-3-6-16(13-18(14)22)24-21(27)23-11-12-29-20-10-9-19(25-26-20)15-4-7-17(28-2)8-5-15/h3-10,13H,11-12H2,1-2H3,(H2,23,24,27). The fourth-order valence-corrected chi connectivity index (χ4v) is 2.48. The van der Waals surface area contributed by atoms with E-state index in [0.717, 1.165) is 11.3 Å². The zero-order chi connectivity index (χ0) is 20.6. The smallest absolute Gasteiger partial charge is 0.319 e. The van der Waals surface area contributed by atoms with Gasteiger partial charge in [0, 0.05) is 17.3 Å². The Morgan fingerprint density at radius 1 is 1.07 bits per heavy atom. The Morgan fingerprint density at radius 2 is 1.86 bits per heavy atom. The number of nitrogens with one attached hydrogen (secondary N) is 2. The molecule has 0 aliphatic heterocycles. The predicted molar refractivity (Wildman–Crippen MR) is 108 cm³/mol. The van der Waals surface area contributed by atoms with Crippen molar-refractivity contribution in [3.63, 3.8) is 0 Å². The second-order valence-corrected chi connectivity index (χ2v) is 6.18. The number of amides is 2. The van der Waals surface area contributed by atoms with Gasteiger partial charge in [-0.25, -0.2) is 9.18 Å². The van der Waals surface area contributed by atoms with Crippen LogP contribution in [0.4, 0.5) is 14.9 Å². The summed E-state index contributed by atoms with van der Waals surface area (Å²) in [5, 5.41) is 13.4. The second kappa shape index (κ2) is 9.50. The minimum Gasteiger partial charge on any atom is -0.497 e. The molecule has 29 heavy (non-hydrogen) atoms. The quantitative estimate of drug-likeness (QED) is 0.594. The van der Waals surface area contributed by atoms with E-state index in [9.17, 15) is 9.18 Å². The van der Waals surface area contributed by atoms with Gasteiger partial charge in [0.2, 0.25) is 5.88 Å². The van der Waals surface area contributed by atoms with E-state index in [2.05, 4.69) is 20.8 Å². The number of aryl methyl sites for hydroxylation is 1. The number of methoxy groups -OCH3 is 1. The van der Waals surface area contributed by atoms with Crippen LogP contribution in [0.2, 0.25) is 0 Å². The Morgan fingerprint density at radius 3 is 2.52 bits per heavy atom. The first-order valence-electron chi connectivity index (χ1n) is 8.97. The number of aromatic nitrogens is 2. The van der Waals surface area contributed by atoms with Gasteiger partial charge in [0.25, 0.3) is 0 Å². The van der Waals surface area contributed by atoms with Crippen molar-refractivity contribution in [2.75, 3.05) is 25.6 Å². The SMILES string of the molecule is COc1ccc(-c2ccc(OCCNC(=O)Nc3ccc(C)c(F)c3)nn2)cc1. The van der Waals surface area contributed by atoms with E-state index >= 15 is 0 Å². The molecule has 2 aromatic carbocycles. The lowest BCUT2D eigenvalue weighted by atomic mass is 10.1. The third kappa shape index (κ3) is 5.65. The summed E-state index contributed by atoms with van der Waals surface area (Å²) in [6, 6.07) is 15.1. The summed E-state index contributed by atoms with van der Waals surface area (Å²) < 4.78 is 24.1. The lowest BCUT2D eigenvalue weighted by Gasteiger charge is -2.09. The van der Waals surface area contributed by atoms with E-state index in [1.165, 1.54) is 6.07 Å². The highest BCUT2D eigenvalue weighted by atomic mass is 19.1. The molecule has 1 aromatic heterocycles. The number of benzene rings is 2. The number of urea groups is 1. The molecule has 0 saturated carbocycles. The van der Waals surface area contributed by atoms with Crippen molar-refractivity contribution in [3.8, 4) is 22.9 Å². The van der Waals surface area contributed by atoms with E-state index < -0.39 is 6.03 Å². The minimum absolute atomic E-state index is 0.215. The molecule has 2 amide bonds. The fourth-order valence-electron chi connectivity index (χ4n) is 2.48. The molecule has 0 spiro atoms. The van der Waals surface area contributed by atoms with Crippen LogP contribution < -0.4 is 20.1 Å². The summed E-state index contributed by atoms with van der Waals surface area (Å²) in [6.45, 7) is 2.12. The lowest BCUT2D eigenvalue weighted by molar-refractivity contribution is 0.246. The number of hydrogen-bond donors (Lipinski definition) is 2. The Labute approximate surface area is 167 Å². The van der Waals surface area contributed by atoms with Gasteiger partial charge in [-0.3, -0.25) is 0 Å². The molecule has 0 saturated heterocycles. The summed E-state index contributed by atoms with van der Waals surface area (Å²) in [4.78, 5) is 11.8. The summed E-state index contributed by atoms with van der Waals surface area (Å²) in [6.07, 6.45) is 0. The Kier molecular flexibility index (Phi) is 6.57. The van der Waals surface area contributed by atoms with E-state index in [4.69, 9.17) is 9.47 Å². The molecule has 7 nitrogen and oxygen atoms in total. The topological polar surface area (TPSA) is 85.4 Å². The molecule has 2 N–H and O–H groups in total. The van der Waals surface area contributed by atoms with Gasteiger partial charge in [0.15, 0.2) is 0 Å². The number of halogens is 1. The van der Waals surface area contributed by atoms with Gasteiger partial charge in [-0.2, -0.15) is 0 Å². The molecule has 8 heteroatoms.